The molecule has 3 rings (SSSR count). The van der Waals surface area contributed by atoms with Gasteiger partial charge in [0.15, 0.2) is 0 Å². The maximum Gasteiger partial charge on any atom is 0.225 e. The van der Waals surface area contributed by atoms with E-state index in [-0.39, 0.29) is 0 Å². The number of rotatable bonds is 4. The Kier molecular flexibility index (Phi) is 4.13. The molecule has 0 saturated carbocycles. The number of halogens is 2. The number of nitrogens with one attached hydrogen (secondary N) is 1. The maximum atomic E-state index is 5.87. The third-order valence-electron chi connectivity index (χ3n) is 3.03. The molecule has 0 unspecified atom stereocenters. The van der Waals surface area contributed by atoms with Crippen LogP contribution in [0.25, 0.3) is 11.3 Å². The summed E-state index contributed by atoms with van der Waals surface area (Å²) in [6, 6.07) is 17.0. The van der Waals surface area contributed by atoms with Crippen molar-refractivity contribution < 1.29 is 4.52 Å². The summed E-state index contributed by atoms with van der Waals surface area (Å²) in [5, 5.41) is 8.65. The predicted octanol–water partition coefficient (Wildman–Crippen LogP) is 5.26. The van der Waals surface area contributed by atoms with Crippen LogP contribution in [0.15, 0.2) is 59.1 Å². The van der Waals surface area contributed by atoms with Crippen LogP contribution < -0.4 is 5.32 Å². The first-order valence-electron chi connectivity index (χ1n) is 6.42. The van der Waals surface area contributed by atoms with Gasteiger partial charge in [-0.15, -0.1) is 0 Å². The lowest BCUT2D eigenvalue weighted by molar-refractivity contribution is 0.434. The van der Waals surface area contributed by atoms with Crippen molar-refractivity contribution in [2.24, 2.45) is 0 Å². The summed E-state index contributed by atoms with van der Waals surface area (Å²) in [5.74, 6) is 0.620. The quantitative estimate of drug-likeness (QED) is 0.713. The molecule has 0 atom stereocenters. The van der Waals surface area contributed by atoms with E-state index in [1.165, 1.54) is 0 Å². The van der Waals surface area contributed by atoms with Gasteiger partial charge in [0, 0.05) is 28.2 Å². The molecule has 0 saturated heterocycles. The molecule has 1 aromatic heterocycles. The second-order valence-corrected chi connectivity index (χ2v) is 5.44. The number of hydrogen-bond donors (Lipinski definition) is 1. The summed E-state index contributed by atoms with van der Waals surface area (Å²) < 4.78 is 5.27. The van der Waals surface area contributed by atoms with E-state index >= 15 is 0 Å². The molecule has 0 spiro atoms. The minimum absolute atomic E-state index is 0.620. The van der Waals surface area contributed by atoms with Crippen LogP contribution in [0.2, 0.25) is 10.0 Å². The van der Waals surface area contributed by atoms with E-state index in [0.29, 0.717) is 17.5 Å². The van der Waals surface area contributed by atoms with Crippen molar-refractivity contribution in [2.45, 2.75) is 6.54 Å². The van der Waals surface area contributed by atoms with E-state index in [4.69, 9.17) is 27.7 Å². The maximum absolute atomic E-state index is 5.87. The van der Waals surface area contributed by atoms with Crippen molar-refractivity contribution in [1.29, 1.82) is 0 Å². The van der Waals surface area contributed by atoms with Gasteiger partial charge >= 0.3 is 0 Å². The average molecular weight is 319 g/mol. The molecule has 0 aliphatic carbocycles. The molecule has 0 amide bonds. The molecule has 106 valence electrons. The number of anilines is 1. The molecule has 3 nitrogen and oxygen atoms in total. The van der Waals surface area contributed by atoms with Gasteiger partial charge in [-0.25, -0.2) is 0 Å². The Balaban J connectivity index is 1.67. The van der Waals surface area contributed by atoms with Crippen molar-refractivity contribution in [3.05, 3.63) is 70.2 Å². The summed E-state index contributed by atoms with van der Waals surface area (Å²) in [6.07, 6.45) is 0. The van der Waals surface area contributed by atoms with Crippen LogP contribution in [-0.2, 0) is 6.54 Å². The summed E-state index contributed by atoms with van der Waals surface area (Å²) in [4.78, 5) is 0. The van der Waals surface area contributed by atoms with Crippen LogP contribution in [0.5, 0.6) is 0 Å². The van der Waals surface area contributed by atoms with Gasteiger partial charge in [-0.1, -0.05) is 52.6 Å². The molecule has 0 fully saturated rings. The summed E-state index contributed by atoms with van der Waals surface area (Å²) in [5.41, 5.74) is 2.84. The van der Waals surface area contributed by atoms with Gasteiger partial charge in [0.2, 0.25) is 5.88 Å². The Labute approximate surface area is 132 Å². The molecule has 0 radical (unpaired) electrons. The van der Waals surface area contributed by atoms with Crippen LogP contribution in [0.3, 0.4) is 0 Å². The Morgan fingerprint density at radius 1 is 0.905 bits per heavy atom. The van der Waals surface area contributed by atoms with Crippen molar-refractivity contribution in [3.63, 3.8) is 0 Å². The zero-order valence-electron chi connectivity index (χ0n) is 11.0. The van der Waals surface area contributed by atoms with Crippen molar-refractivity contribution in [3.8, 4) is 11.3 Å². The van der Waals surface area contributed by atoms with Gasteiger partial charge in [-0.05, 0) is 29.8 Å². The van der Waals surface area contributed by atoms with Crippen molar-refractivity contribution in [2.75, 3.05) is 5.32 Å². The van der Waals surface area contributed by atoms with E-state index in [1.54, 1.807) is 0 Å². The Morgan fingerprint density at radius 3 is 2.19 bits per heavy atom. The largest absolute Gasteiger partial charge is 0.350 e. The molecule has 0 bridgehead atoms. The highest BCUT2D eigenvalue weighted by molar-refractivity contribution is 6.30. The Morgan fingerprint density at radius 2 is 1.52 bits per heavy atom. The molecule has 1 N–H and O–H groups in total. The third kappa shape index (κ3) is 3.57. The van der Waals surface area contributed by atoms with Crippen molar-refractivity contribution >= 4 is 29.1 Å². The molecule has 5 heteroatoms. The smallest absolute Gasteiger partial charge is 0.225 e. The zero-order valence-corrected chi connectivity index (χ0v) is 12.5. The fourth-order valence-corrected chi connectivity index (χ4v) is 2.16. The summed E-state index contributed by atoms with van der Waals surface area (Å²) in [7, 11) is 0. The lowest BCUT2D eigenvalue weighted by Gasteiger charge is -2.01. The topological polar surface area (TPSA) is 38.1 Å². The van der Waals surface area contributed by atoms with E-state index < -0.39 is 0 Å². The monoisotopic (exact) mass is 318 g/mol. The summed E-state index contributed by atoms with van der Waals surface area (Å²) >= 11 is 11.7. The van der Waals surface area contributed by atoms with E-state index in [1.807, 2.05) is 54.6 Å². The molecule has 3 aromatic rings. The van der Waals surface area contributed by atoms with Crippen LogP contribution in [0.4, 0.5) is 5.88 Å². The Hall–Kier alpha value is -1.97. The normalized spacial score (nSPS) is 10.6. The van der Waals surface area contributed by atoms with Gasteiger partial charge < -0.3 is 9.84 Å². The lowest BCUT2D eigenvalue weighted by atomic mass is 10.1. The first-order chi connectivity index (χ1) is 10.2. The van der Waals surface area contributed by atoms with Crippen LogP contribution >= 0.6 is 23.2 Å². The molecular formula is C16H12Cl2N2O. The predicted molar refractivity (Wildman–Crippen MR) is 85.7 cm³/mol. The molecule has 21 heavy (non-hydrogen) atoms. The fraction of sp³-hybridized carbons (Fsp3) is 0.0625. The van der Waals surface area contributed by atoms with E-state index in [9.17, 15) is 0 Å². The van der Waals surface area contributed by atoms with Gasteiger partial charge in [0.1, 0.15) is 5.69 Å². The Bertz CT molecular complexity index is 721. The zero-order chi connectivity index (χ0) is 14.7. The highest BCUT2D eigenvalue weighted by Crippen LogP contribution is 2.23. The second-order valence-electron chi connectivity index (χ2n) is 4.56. The first-order valence-corrected chi connectivity index (χ1v) is 7.17. The highest BCUT2D eigenvalue weighted by Gasteiger charge is 2.06. The molecule has 0 aliphatic heterocycles. The van der Waals surface area contributed by atoms with Crippen LogP contribution in [-0.4, -0.2) is 5.16 Å². The number of benzene rings is 2. The number of aromatic nitrogens is 1. The number of hydrogen-bond acceptors (Lipinski definition) is 3. The molecule has 2 aromatic carbocycles. The van der Waals surface area contributed by atoms with E-state index in [0.717, 1.165) is 21.8 Å². The lowest BCUT2D eigenvalue weighted by Crippen LogP contribution is -1.97. The summed E-state index contributed by atoms with van der Waals surface area (Å²) in [6.45, 7) is 0.645. The van der Waals surface area contributed by atoms with Gasteiger partial charge in [0.05, 0.1) is 0 Å². The average Bonchev–Trinajstić information content (AvgIpc) is 2.96. The second kappa shape index (κ2) is 6.20. The van der Waals surface area contributed by atoms with E-state index in [2.05, 4.69) is 10.5 Å². The molecular weight excluding hydrogens is 307 g/mol. The highest BCUT2D eigenvalue weighted by atomic mass is 35.5. The minimum atomic E-state index is 0.620. The van der Waals surface area contributed by atoms with Gasteiger partial charge in [-0.2, -0.15) is 0 Å². The van der Waals surface area contributed by atoms with Gasteiger partial charge in [0.25, 0.3) is 0 Å². The van der Waals surface area contributed by atoms with Crippen LogP contribution in [0.1, 0.15) is 5.56 Å². The van der Waals surface area contributed by atoms with Crippen molar-refractivity contribution in [1.82, 2.24) is 5.16 Å². The third-order valence-corrected chi connectivity index (χ3v) is 3.53. The number of nitrogens with zero attached hydrogens (tertiary/aromatic N) is 1. The molecule has 0 aliphatic rings. The standard InChI is InChI=1S/C16H12Cl2N2O/c17-13-5-1-11(2-6-13)10-19-16-9-15(20-21-16)12-3-7-14(18)8-4-12/h1-9,19H,10H2. The van der Waals surface area contributed by atoms with Crippen LogP contribution in [0, 0.1) is 0 Å². The van der Waals surface area contributed by atoms with Gasteiger partial charge in [-0.3, -0.25) is 0 Å². The minimum Gasteiger partial charge on any atom is -0.350 e. The SMILES string of the molecule is Clc1ccc(CNc2cc(-c3ccc(Cl)cc3)no2)cc1. The fourth-order valence-electron chi connectivity index (χ4n) is 1.91. The molecule has 1 heterocycles. The first kappa shape index (κ1) is 14.0.